The maximum atomic E-state index is 12.7. The average molecular weight is 324 g/mol. The molecular formula is C16H24N2O3S. The second-order valence-electron chi connectivity index (χ2n) is 6.44. The van der Waals surface area contributed by atoms with E-state index in [1.165, 1.54) is 11.3 Å². The summed E-state index contributed by atoms with van der Waals surface area (Å²) in [5.41, 5.74) is 0.912. The number of amides is 1. The lowest BCUT2D eigenvalue weighted by Crippen LogP contribution is -2.39. The van der Waals surface area contributed by atoms with E-state index in [-0.39, 0.29) is 18.2 Å². The maximum absolute atomic E-state index is 12.7. The fourth-order valence-electron chi connectivity index (χ4n) is 2.89. The fourth-order valence-corrected chi connectivity index (χ4v) is 3.81. The molecule has 1 saturated heterocycles. The summed E-state index contributed by atoms with van der Waals surface area (Å²) in [7, 11) is 0. The molecule has 0 saturated carbocycles. The van der Waals surface area contributed by atoms with Gasteiger partial charge in [0.05, 0.1) is 10.7 Å². The Labute approximate surface area is 135 Å². The number of piperidine rings is 1. The van der Waals surface area contributed by atoms with Gasteiger partial charge in [-0.15, -0.1) is 11.3 Å². The van der Waals surface area contributed by atoms with E-state index >= 15 is 0 Å². The van der Waals surface area contributed by atoms with Gasteiger partial charge in [-0.1, -0.05) is 13.8 Å². The molecule has 5 nitrogen and oxygen atoms in total. The molecule has 0 aromatic carbocycles. The summed E-state index contributed by atoms with van der Waals surface area (Å²) in [4.78, 5) is 30.6. The van der Waals surface area contributed by atoms with E-state index in [0.29, 0.717) is 19.0 Å². The second-order valence-corrected chi connectivity index (χ2v) is 7.64. The topological polar surface area (TPSA) is 70.5 Å². The highest BCUT2D eigenvalue weighted by molar-refractivity contribution is 7.13. The summed E-state index contributed by atoms with van der Waals surface area (Å²) < 4.78 is 0. The van der Waals surface area contributed by atoms with Crippen LogP contribution in [0.4, 0.5) is 0 Å². The van der Waals surface area contributed by atoms with Crippen molar-refractivity contribution >= 4 is 23.2 Å². The molecule has 2 rings (SSSR count). The number of carboxylic acid groups (broad SMARTS) is 1. The van der Waals surface area contributed by atoms with Gasteiger partial charge in [-0.25, -0.2) is 4.98 Å². The summed E-state index contributed by atoms with van der Waals surface area (Å²) in [6.07, 6.45) is 2.58. The van der Waals surface area contributed by atoms with Crippen molar-refractivity contribution in [3.63, 3.8) is 0 Å². The Morgan fingerprint density at radius 2 is 2.00 bits per heavy atom. The monoisotopic (exact) mass is 324 g/mol. The van der Waals surface area contributed by atoms with Crippen LogP contribution < -0.4 is 0 Å². The van der Waals surface area contributed by atoms with Crippen LogP contribution in [-0.4, -0.2) is 40.0 Å². The number of carboxylic acids is 1. The van der Waals surface area contributed by atoms with Crippen LogP contribution in [-0.2, 0) is 11.2 Å². The molecule has 2 heterocycles. The second kappa shape index (κ2) is 7.22. The van der Waals surface area contributed by atoms with Crippen LogP contribution in [0.15, 0.2) is 0 Å². The molecule has 1 N–H and O–H groups in total. The van der Waals surface area contributed by atoms with E-state index in [2.05, 4.69) is 18.8 Å². The number of thiazole rings is 1. The van der Waals surface area contributed by atoms with Crippen LogP contribution >= 0.6 is 11.3 Å². The summed E-state index contributed by atoms with van der Waals surface area (Å²) in [6.45, 7) is 7.48. The fraction of sp³-hybridized carbons (Fsp3) is 0.688. The number of nitrogens with zero attached hydrogens (tertiary/aromatic N) is 2. The molecule has 0 spiro atoms. The lowest BCUT2D eigenvalue weighted by Gasteiger charge is -2.31. The first-order valence-electron chi connectivity index (χ1n) is 7.84. The number of carbonyl (C=O) groups excluding carboxylic acids is 1. The molecule has 6 heteroatoms. The Bertz CT molecular complexity index is 546. The zero-order chi connectivity index (χ0) is 16.3. The zero-order valence-electron chi connectivity index (χ0n) is 13.5. The number of rotatable bonds is 5. The Hall–Kier alpha value is -1.43. The van der Waals surface area contributed by atoms with E-state index in [1.54, 1.807) is 0 Å². The van der Waals surface area contributed by atoms with Crippen molar-refractivity contribution in [3.8, 4) is 0 Å². The van der Waals surface area contributed by atoms with Crippen molar-refractivity contribution in [2.75, 3.05) is 13.1 Å². The van der Waals surface area contributed by atoms with Crippen LogP contribution in [0.2, 0.25) is 0 Å². The first-order valence-corrected chi connectivity index (χ1v) is 8.65. The maximum Gasteiger partial charge on any atom is 0.303 e. The Morgan fingerprint density at radius 1 is 1.36 bits per heavy atom. The molecule has 0 atom stereocenters. The van der Waals surface area contributed by atoms with Crippen molar-refractivity contribution < 1.29 is 14.7 Å². The van der Waals surface area contributed by atoms with E-state index in [0.717, 1.165) is 34.8 Å². The smallest absolute Gasteiger partial charge is 0.303 e. The van der Waals surface area contributed by atoms with Crippen molar-refractivity contribution in [2.45, 2.75) is 46.5 Å². The van der Waals surface area contributed by atoms with Gasteiger partial charge in [-0.3, -0.25) is 9.59 Å². The summed E-state index contributed by atoms with van der Waals surface area (Å²) in [5, 5.41) is 9.79. The molecule has 0 radical (unpaired) electrons. The number of hydrogen-bond donors (Lipinski definition) is 1. The van der Waals surface area contributed by atoms with Gasteiger partial charge in [-0.2, -0.15) is 0 Å². The Kier molecular flexibility index (Phi) is 5.56. The number of carbonyl (C=O) groups is 2. The van der Waals surface area contributed by atoms with Gasteiger partial charge in [0, 0.05) is 19.5 Å². The molecule has 1 fully saturated rings. The van der Waals surface area contributed by atoms with Crippen molar-refractivity contribution in [2.24, 2.45) is 11.8 Å². The first kappa shape index (κ1) is 16.9. The van der Waals surface area contributed by atoms with Gasteiger partial charge in [0.15, 0.2) is 0 Å². The van der Waals surface area contributed by atoms with Crippen molar-refractivity contribution in [1.82, 2.24) is 9.88 Å². The minimum absolute atomic E-state index is 0.0648. The van der Waals surface area contributed by atoms with Gasteiger partial charge < -0.3 is 10.0 Å². The van der Waals surface area contributed by atoms with Gasteiger partial charge >= 0.3 is 5.97 Å². The van der Waals surface area contributed by atoms with Gasteiger partial charge in [0.2, 0.25) is 0 Å². The predicted octanol–water partition coefficient (Wildman–Crippen LogP) is 2.98. The summed E-state index contributed by atoms with van der Waals surface area (Å²) >= 11 is 1.47. The van der Waals surface area contributed by atoms with Crippen LogP contribution in [0.5, 0.6) is 0 Å². The van der Waals surface area contributed by atoms with Crippen LogP contribution in [0.1, 0.15) is 53.5 Å². The first-order chi connectivity index (χ1) is 10.4. The molecule has 22 heavy (non-hydrogen) atoms. The molecule has 1 aromatic rings. The predicted molar refractivity (Wildman–Crippen MR) is 86.3 cm³/mol. The lowest BCUT2D eigenvalue weighted by molar-refractivity contribution is -0.138. The normalized spacial score (nSPS) is 16.3. The Balaban J connectivity index is 2.02. The molecule has 1 aromatic heterocycles. The van der Waals surface area contributed by atoms with Gasteiger partial charge in [0.25, 0.3) is 5.91 Å². The minimum Gasteiger partial charge on any atom is -0.481 e. The van der Waals surface area contributed by atoms with Crippen LogP contribution in [0.25, 0.3) is 0 Å². The summed E-state index contributed by atoms with van der Waals surface area (Å²) in [6, 6.07) is 0. The van der Waals surface area contributed by atoms with Crippen LogP contribution in [0, 0.1) is 18.8 Å². The third kappa shape index (κ3) is 4.29. The number of hydrogen-bond acceptors (Lipinski definition) is 4. The van der Waals surface area contributed by atoms with E-state index in [4.69, 9.17) is 5.11 Å². The molecule has 0 bridgehead atoms. The molecule has 1 amide bonds. The van der Waals surface area contributed by atoms with Crippen molar-refractivity contribution in [3.05, 3.63) is 15.6 Å². The SMILES string of the molecule is Cc1nc(CC(C)C)c(C(=O)N2CCC(CC(=O)O)CC2)s1. The molecule has 0 aliphatic carbocycles. The highest BCUT2D eigenvalue weighted by Crippen LogP contribution is 2.26. The zero-order valence-corrected chi connectivity index (χ0v) is 14.3. The van der Waals surface area contributed by atoms with Gasteiger partial charge in [-0.05, 0) is 38.0 Å². The average Bonchev–Trinajstić information content (AvgIpc) is 2.78. The summed E-state index contributed by atoms with van der Waals surface area (Å²) in [5.74, 6) is -0.0219. The largest absolute Gasteiger partial charge is 0.481 e. The van der Waals surface area contributed by atoms with Gasteiger partial charge in [0.1, 0.15) is 4.88 Å². The highest BCUT2D eigenvalue weighted by atomic mass is 32.1. The van der Waals surface area contributed by atoms with E-state index in [9.17, 15) is 9.59 Å². The van der Waals surface area contributed by atoms with Crippen molar-refractivity contribution in [1.29, 1.82) is 0 Å². The molecule has 1 aliphatic heterocycles. The van der Waals surface area contributed by atoms with E-state index in [1.807, 2.05) is 11.8 Å². The molecule has 1 aliphatic rings. The van der Waals surface area contributed by atoms with E-state index < -0.39 is 5.97 Å². The quantitative estimate of drug-likeness (QED) is 0.904. The number of aliphatic carboxylic acids is 1. The third-order valence-corrected chi connectivity index (χ3v) is 4.97. The number of aromatic nitrogens is 1. The third-order valence-electron chi connectivity index (χ3n) is 3.97. The molecule has 122 valence electrons. The van der Waals surface area contributed by atoms with Crippen LogP contribution in [0.3, 0.4) is 0 Å². The molecule has 0 unspecified atom stereocenters. The minimum atomic E-state index is -0.748. The Morgan fingerprint density at radius 3 is 2.55 bits per heavy atom. The highest BCUT2D eigenvalue weighted by Gasteiger charge is 2.27. The standard InChI is InChI=1S/C16H24N2O3S/c1-10(2)8-13-15(22-11(3)17-13)16(21)18-6-4-12(5-7-18)9-14(19)20/h10,12H,4-9H2,1-3H3,(H,19,20). The lowest BCUT2D eigenvalue weighted by atomic mass is 9.93. The number of likely N-dealkylation sites (tertiary alicyclic amines) is 1. The number of aryl methyl sites for hydroxylation is 1. The molecular weight excluding hydrogens is 300 g/mol.